The second-order valence-corrected chi connectivity index (χ2v) is 7.30. The first-order valence-electron chi connectivity index (χ1n) is 8.61. The number of rotatable bonds is 6. The molecule has 3 rings (SSSR count). The smallest absolute Gasteiger partial charge is 0.256 e. The molecule has 0 spiro atoms. The number of carbonyl (C=O) groups is 2. The average Bonchev–Trinajstić information content (AvgIpc) is 3.14. The Labute approximate surface area is 127 Å². The Balaban J connectivity index is 1.34. The summed E-state index contributed by atoms with van der Waals surface area (Å²) in [5.74, 6) is 2.88. The third kappa shape index (κ3) is 2.79. The zero-order chi connectivity index (χ0) is 15.0. The lowest BCUT2D eigenvalue weighted by molar-refractivity contribution is -0.137. The van der Waals surface area contributed by atoms with Crippen molar-refractivity contribution in [3.63, 3.8) is 0 Å². The fourth-order valence-corrected chi connectivity index (χ4v) is 4.60. The number of unbranched alkanes of at least 4 members (excludes halogenated alkanes) is 2. The van der Waals surface area contributed by atoms with Crippen molar-refractivity contribution in [1.82, 2.24) is 4.90 Å². The number of hydrogen-bond acceptors (Lipinski definition) is 2. The molecule has 0 aromatic rings. The number of fused-ring (bicyclic) bond motifs is 2. The third-order valence-corrected chi connectivity index (χ3v) is 6.04. The van der Waals surface area contributed by atoms with Crippen molar-refractivity contribution in [2.45, 2.75) is 65.2 Å². The summed E-state index contributed by atoms with van der Waals surface area (Å²) in [6, 6.07) is 0. The van der Waals surface area contributed by atoms with Gasteiger partial charge >= 0.3 is 0 Å². The fourth-order valence-electron chi connectivity index (χ4n) is 4.60. The van der Waals surface area contributed by atoms with Crippen LogP contribution in [0.1, 0.15) is 65.2 Å². The Morgan fingerprint density at radius 2 is 1.67 bits per heavy atom. The molecule has 0 aromatic carbocycles. The largest absolute Gasteiger partial charge is 0.275 e. The molecule has 2 amide bonds. The van der Waals surface area contributed by atoms with Crippen LogP contribution < -0.4 is 0 Å². The number of amides is 2. The summed E-state index contributed by atoms with van der Waals surface area (Å²) in [6.45, 7) is 4.11. The molecule has 3 aliphatic rings. The Kier molecular flexibility index (Phi) is 4.19. The van der Waals surface area contributed by atoms with Crippen LogP contribution in [0.5, 0.6) is 0 Å². The molecule has 1 aliphatic heterocycles. The van der Waals surface area contributed by atoms with Gasteiger partial charge in [-0.2, -0.15) is 0 Å². The number of hydrogen-bond donors (Lipinski definition) is 0. The molecule has 2 fully saturated rings. The van der Waals surface area contributed by atoms with Gasteiger partial charge in [-0.15, -0.1) is 0 Å². The minimum absolute atomic E-state index is 0.0781. The zero-order valence-corrected chi connectivity index (χ0v) is 13.4. The predicted molar refractivity (Wildman–Crippen MR) is 82.5 cm³/mol. The Hall–Kier alpha value is -1.12. The van der Waals surface area contributed by atoms with Gasteiger partial charge in [0, 0.05) is 17.7 Å². The zero-order valence-electron chi connectivity index (χ0n) is 13.4. The first-order valence-corrected chi connectivity index (χ1v) is 8.61. The van der Waals surface area contributed by atoms with Gasteiger partial charge in [0.05, 0.1) is 0 Å². The van der Waals surface area contributed by atoms with Crippen LogP contribution in [0.15, 0.2) is 11.1 Å². The Morgan fingerprint density at radius 3 is 2.24 bits per heavy atom. The van der Waals surface area contributed by atoms with E-state index in [-0.39, 0.29) is 11.8 Å². The van der Waals surface area contributed by atoms with E-state index in [2.05, 4.69) is 0 Å². The van der Waals surface area contributed by atoms with Gasteiger partial charge in [0.25, 0.3) is 11.8 Å². The molecule has 3 unspecified atom stereocenters. The lowest BCUT2D eigenvalue weighted by Gasteiger charge is -2.21. The monoisotopic (exact) mass is 289 g/mol. The second kappa shape index (κ2) is 5.94. The van der Waals surface area contributed by atoms with Crippen LogP contribution in [0.2, 0.25) is 0 Å². The molecule has 3 heteroatoms. The maximum absolute atomic E-state index is 11.9. The van der Waals surface area contributed by atoms with E-state index < -0.39 is 0 Å². The van der Waals surface area contributed by atoms with E-state index >= 15 is 0 Å². The highest BCUT2D eigenvalue weighted by Gasteiger charge is 2.38. The van der Waals surface area contributed by atoms with Gasteiger partial charge in [-0.05, 0) is 57.3 Å². The van der Waals surface area contributed by atoms with Gasteiger partial charge in [0.15, 0.2) is 0 Å². The van der Waals surface area contributed by atoms with Crippen LogP contribution in [0.3, 0.4) is 0 Å². The van der Waals surface area contributed by atoms with Crippen molar-refractivity contribution >= 4 is 11.8 Å². The van der Waals surface area contributed by atoms with Crippen LogP contribution in [0, 0.1) is 17.8 Å². The summed E-state index contributed by atoms with van der Waals surface area (Å²) in [6.07, 6.45) is 10.6. The SMILES string of the molecule is CC1=C(C)C(=O)N(CCCCCC2CC3CCC2C3)C1=O. The van der Waals surface area contributed by atoms with E-state index in [1.165, 1.54) is 43.4 Å². The van der Waals surface area contributed by atoms with Gasteiger partial charge in [0.2, 0.25) is 0 Å². The summed E-state index contributed by atoms with van der Waals surface area (Å²) in [5, 5.41) is 0. The summed E-state index contributed by atoms with van der Waals surface area (Å²) >= 11 is 0. The molecule has 21 heavy (non-hydrogen) atoms. The quantitative estimate of drug-likeness (QED) is 0.552. The van der Waals surface area contributed by atoms with Gasteiger partial charge < -0.3 is 0 Å². The minimum Gasteiger partial charge on any atom is -0.275 e. The standard InChI is InChI=1S/C18H27NO2/c1-12-13(2)18(21)19(17(12)20)9-5-3-4-6-15-10-14-7-8-16(15)11-14/h14-16H,3-11H2,1-2H3. The lowest BCUT2D eigenvalue weighted by atomic mass is 9.85. The van der Waals surface area contributed by atoms with Crippen molar-refractivity contribution in [1.29, 1.82) is 0 Å². The first-order chi connectivity index (χ1) is 10.1. The van der Waals surface area contributed by atoms with Crippen molar-refractivity contribution in [3.8, 4) is 0 Å². The van der Waals surface area contributed by atoms with E-state index in [4.69, 9.17) is 0 Å². The molecule has 116 valence electrons. The van der Waals surface area contributed by atoms with Gasteiger partial charge in [-0.3, -0.25) is 14.5 Å². The highest BCUT2D eigenvalue weighted by Crippen LogP contribution is 2.49. The van der Waals surface area contributed by atoms with Crippen molar-refractivity contribution < 1.29 is 9.59 Å². The maximum Gasteiger partial charge on any atom is 0.256 e. The van der Waals surface area contributed by atoms with Gasteiger partial charge in [0.1, 0.15) is 0 Å². The van der Waals surface area contributed by atoms with Crippen LogP contribution in [-0.4, -0.2) is 23.3 Å². The highest BCUT2D eigenvalue weighted by molar-refractivity contribution is 6.18. The fraction of sp³-hybridized carbons (Fsp3) is 0.778. The number of imide groups is 1. The minimum atomic E-state index is -0.0781. The van der Waals surface area contributed by atoms with E-state index in [0.29, 0.717) is 17.7 Å². The molecule has 2 aliphatic carbocycles. The Morgan fingerprint density at radius 1 is 0.952 bits per heavy atom. The molecule has 3 nitrogen and oxygen atoms in total. The van der Waals surface area contributed by atoms with E-state index in [1.807, 2.05) is 0 Å². The summed E-state index contributed by atoms with van der Waals surface area (Å²) in [7, 11) is 0. The van der Waals surface area contributed by atoms with E-state index in [0.717, 1.165) is 30.6 Å². The normalized spacial score (nSPS) is 31.9. The molecule has 1 heterocycles. The average molecular weight is 289 g/mol. The van der Waals surface area contributed by atoms with Gasteiger partial charge in [-0.1, -0.05) is 25.7 Å². The predicted octanol–water partition coefficient (Wildman–Crippen LogP) is 3.69. The third-order valence-electron chi connectivity index (χ3n) is 6.04. The van der Waals surface area contributed by atoms with E-state index in [9.17, 15) is 9.59 Å². The van der Waals surface area contributed by atoms with E-state index in [1.54, 1.807) is 13.8 Å². The summed E-state index contributed by atoms with van der Waals surface area (Å²) in [4.78, 5) is 25.3. The van der Waals surface area contributed by atoms with Crippen molar-refractivity contribution in [2.75, 3.05) is 6.54 Å². The van der Waals surface area contributed by atoms with Crippen LogP contribution in [0.4, 0.5) is 0 Å². The molecule has 0 aromatic heterocycles. The van der Waals surface area contributed by atoms with Crippen molar-refractivity contribution in [2.24, 2.45) is 17.8 Å². The number of carbonyl (C=O) groups excluding carboxylic acids is 2. The highest BCUT2D eigenvalue weighted by atomic mass is 16.2. The maximum atomic E-state index is 11.9. The summed E-state index contributed by atoms with van der Waals surface area (Å²) < 4.78 is 0. The molecule has 0 saturated heterocycles. The topological polar surface area (TPSA) is 37.4 Å². The molecule has 2 bridgehead atoms. The Bertz CT molecular complexity index is 456. The lowest BCUT2D eigenvalue weighted by Crippen LogP contribution is -2.32. The molecule has 2 saturated carbocycles. The van der Waals surface area contributed by atoms with Crippen molar-refractivity contribution in [3.05, 3.63) is 11.1 Å². The second-order valence-electron chi connectivity index (χ2n) is 7.30. The van der Waals surface area contributed by atoms with Crippen LogP contribution in [-0.2, 0) is 9.59 Å². The molecule has 3 atom stereocenters. The van der Waals surface area contributed by atoms with Gasteiger partial charge in [-0.25, -0.2) is 0 Å². The molecule has 0 N–H and O–H groups in total. The first kappa shape index (κ1) is 14.8. The molecular formula is C18H27NO2. The van der Waals surface area contributed by atoms with Crippen LogP contribution in [0.25, 0.3) is 0 Å². The molecular weight excluding hydrogens is 262 g/mol. The van der Waals surface area contributed by atoms with Crippen LogP contribution >= 0.6 is 0 Å². The number of nitrogens with zero attached hydrogens (tertiary/aromatic N) is 1. The molecule has 0 radical (unpaired) electrons. The summed E-state index contributed by atoms with van der Waals surface area (Å²) in [5.41, 5.74) is 1.25.